The van der Waals surface area contributed by atoms with Crippen molar-refractivity contribution >= 4 is 23.3 Å². The minimum absolute atomic E-state index is 0.337. The van der Waals surface area contributed by atoms with Crippen LogP contribution < -0.4 is 9.80 Å². The van der Waals surface area contributed by atoms with Crippen molar-refractivity contribution in [1.29, 1.82) is 10.5 Å². The molecule has 0 aliphatic carbocycles. The fourth-order valence-electron chi connectivity index (χ4n) is 7.31. The fourth-order valence-corrected chi connectivity index (χ4v) is 7.31. The van der Waals surface area contributed by atoms with Crippen LogP contribution in [0.2, 0.25) is 0 Å². The molecule has 0 spiro atoms. The molecule has 0 radical (unpaired) electrons. The van der Waals surface area contributed by atoms with Crippen molar-refractivity contribution in [2.45, 2.75) is 11.8 Å². The molecule has 246 valence electrons. The zero-order valence-corrected chi connectivity index (χ0v) is 27.7. The lowest BCUT2D eigenvalue weighted by atomic mass is 9.82. The summed E-state index contributed by atoms with van der Waals surface area (Å²) < 4.78 is 0. The van der Waals surface area contributed by atoms with Crippen molar-refractivity contribution in [1.82, 2.24) is 25.4 Å². The van der Waals surface area contributed by atoms with E-state index in [-0.39, 0.29) is 11.8 Å². The Morgan fingerprint density at radius 2 is 0.865 bits per heavy atom. The number of nitriles is 2. The molecule has 2 atom stereocenters. The lowest BCUT2D eigenvalue weighted by Gasteiger charge is -2.31. The number of rotatable bonds is 6. The van der Waals surface area contributed by atoms with Crippen LogP contribution in [0.3, 0.4) is 0 Å². The first kappa shape index (κ1) is 30.6. The van der Waals surface area contributed by atoms with Crippen LogP contribution >= 0.6 is 0 Å². The predicted molar refractivity (Wildman–Crippen MR) is 201 cm³/mol. The maximum Gasteiger partial charge on any atom is 0.164 e. The molecule has 3 aromatic heterocycles. The summed E-state index contributed by atoms with van der Waals surface area (Å²) in [6.07, 6.45) is 3.65. The maximum atomic E-state index is 10.6. The van der Waals surface area contributed by atoms with E-state index in [1.54, 1.807) is 0 Å². The highest BCUT2D eigenvalue weighted by Gasteiger charge is 2.37. The van der Waals surface area contributed by atoms with Gasteiger partial charge in [-0.05, 0) is 34.4 Å². The van der Waals surface area contributed by atoms with Gasteiger partial charge in [-0.3, -0.25) is 20.0 Å². The Balaban J connectivity index is 1.20. The van der Waals surface area contributed by atoms with Crippen molar-refractivity contribution < 1.29 is 0 Å². The number of pyridine rings is 1. The van der Waals surface area contributed by atoms with Gasteiger partial charge >= 0.3 is 0 Å². The molecule has 2 aliphatic heterocycles. The molecule has 2 aliphatic rings. The third kappa shape index (κ3) is 5.04. The number of nitrogens with zero attached hydrogens (tertiary/aromatic N) is 7. The standard InChI is InChI=1S/C43H29N9/c44-24-32-26-51(42-38(36(32)28-14-5-1-6-15-28)40(47-49-42)30-18-9-3-10-19-30)34-22-13-23-35(46-34)52-27-33(25-45)37(29-16-7-2-8-17-29)39-41(48-50-43(39)52)31-20-11-4-12-21-31/h1-23,26-27,36-37H,(H,47,49)(H,48,50). The van der Waals surface area contributed by atoms with Crippen LogP contribution in [0.5, 0.6) is 0 Å². The zero-order chi connectivity index (χ0) is 35.0. The van der Waals surface area contributed by atoms with Gasteiger partial charge in [-0.2, -0.15) is 20.7 Å². The lowest BCUT2D eigenvalue weighted by molar-refractivity contribution is 0.917. The minimum atomic E-state index is -0.337. The van der Waals surface area contributed by atoms with Crippen LogP contribution in [0.4, 0.5) is 23.3 Å². The van der Waals surface area contributed by atoms with E-state index in [4.69, 9.17) is 15.2 Å². The summed E-state index contributed by atoms with van der Waals surface area (Å²) in [6.45, 7) is 0. The largest absolute Gasteiger partial charge is 0.283 e. The van der Waals surface area contributed by atoms with Gasteiger partial charge in [-0.15, -0.1) is 0 Å². The van der Waals surface area contributed by atoms with E-state index in [0.717, 1.165) is 44.8 Å². The first-order valence-corrected chi connectivity index (χ1v) is 16.9. The topological polar surface area (TPSA) is 124 Å². The predicted octanol–water partition coefficient (Wildman–Crippen LogP) is 9.24. The van der Waals surface area contributed by atoms with Gasteiger partial charge in [0.2, 0.25) is 0 Å². The van der Waals surface area contributed by atoms with Crippen molar-refractivity contribution in [3.63, 3.8) is 0 Å². The Kier molecular flexibility index (Phi) is 7.50. The van der Waals surface area contributed by atoms with Crippen molar-refractivity contribution in [3.8, 4) is 34.7 Å². The Labute approximate surface area is 300 Å². The smallest absolute Gasteiger partial charge is 0.164 e. The van der Waals surface area contributed by atoms with Crippen molar-refractivity contribution in [3.05, 3.63) is 185 Å². The van der Waals surface area contributed by atoms with Crippen LogP contribution in [-0.2, 0) is 0 Å². The second kappa shape index (κ2) is 12.8. The van der Waals surface area contributed by atoms with E-state index < -0.39 is 0 Å². The molecule has 0 bridgehead atoms. The van der Waals surface area contributed by atoms with Crippen LogP contribution in [0, 0.1) is 22.7 Å². The molecule has 5 heterocycles. The van der Waals surface area contributed by atoms with E-state index in [2.05, 4.69) is 22.3 Å². The van der Waals surface area contributed by atoms with Gasteiger partial charge in [0.1, 0.15) is 11.6 Å². The Hall–Kier alpha value is -7.49. The summed E-state index contributed by atoms with van der Waals surface area (Å²) in [4.78, 5) is 8.89. The molecule has 0 amide bonds. The molecule has 2 unspecified atom stereocenters. The summed E-state index contributed by atoms with van der Waals surface area (Å²) >= 11 is 0. The van der Waals surface area contributed by atoms with Crippen molar-refractivity contribution in [2.24, 2.45) is 0 Å². The summed E-state index contributed by atoms with van der Waals surface area (Å²) in [5.41, 5.74) is 8.49. The molecule has 0 saturated heterocycles. The molecule has 0 fully saturated rings. The quantitative estimate of drug-likeness (QED) is 0.181. The van der Waals surface area contributed by atoms with E-state index >= 15 is 0 Å². The second-order valence-corrected chi connectivity index (χ2v) is 12.6. The average Bonchev–Trinajstić information content (AvgIpc) is 3.87. The normalized spacial score (nSPS) is 16.2. The first-order valence-electron chi connectivity index (χ1n) is 16.9. The van der Waals surface area contributed by atoms with Crippen LogP contribution in [0.1, 0.15) is 34.1 Å². The van der Waals surface area contributed by atoms with Crippen molar-refractivity contribution in [2.75, 3.05) is 9.80 Å². The number of fused-ring (bicyclic) bond motifs is 2. The molecule has 9 nitrogen and oxygen atoms in total. The molecule has 52 heavy (non-hydrogen) atoms. The van der Waals surface area contributed by atoms with Gasteiger partial charge in [0.05, 0.1) is 46.5 Å². The Morgan fingerprint density at radius 3 is 1.25 bits per heavy atom. The van der Waals surface area contributed by atoms with E-state index in [0.29, 0.717) is 34.4 Å². The fraction of sp³-hybridized carbons (Fsp3) is 0.0465. The molecule has 9 heteroatoms. The minimum Gasteiger partial charge on any atom is -0.283 e. The monoisotopic (exact) mass is 671 g/mol. The molecule has 9 rings (SSSR count). The number of hydrogen-bond acceptors (Lipinski definition) is 7. The highest BCUT2D eigenvalue weighted by Crippen LogP contribution is 2.49. The third-order valence-electron chi connectivity index (χ3n) is 9.62. The molecule has 4 aromatic carbocycles. The van der Waals surface area contributed by atoms with Crippen LogP contribution in [-0.4, -0.2) is 25.4 Å². The Morgan fingerprint density at radius 1 is 0.481 bits per heavy atom. The first-order chi connectivity index (χ1) is 25.7. The van der Waals surface area contributed by atoms with E-state index in [1.807, 2.05) is 162 Å². The van der Waals surface area contributed by atoms with Gasteiger partial charge in [0.15, 0.2) is 11.6 Å². The van der Waals surface area contributed by atoms with E-state index in [1.165, 1.54) is 0 Å². The number of anilines is 4. The second-order valence-electron chi connectivity index (χ2n) is 12.6. The number of allylic oxidation sites excluding steroid dienone is 2. The number of nitrogens with one attached hydrogen (secondary N) is 2. The highest BCUT2D eigenvalue weighted by molar-refractivity contribution is 5.82. The number of H-pyrrole nitrogens is 2. The summed E-state index contributed by atoms with van der Waals surface area (Å²) in [5.74, 6) is 1.74. The number of aromatic nitrogens is 5. The number of aromatic amines is 2. The number of hydrogen-bond donors (Lipinski definition) is 2. The van der Waals surface area contributed by atoms with Gasteiger partial charge in [0.25, 0.3) is 0 Å². The Bertz CT molecular complexity index is 2380. The zero-order valence-electron chi connectivity index (χ0n) is 27.7. The average molecular weight is 672 g/mol. The molecular weight excluding hydrogens is 643 g/mol. The van der Waals surface area contributed by atoms with Crippen LogP contribution in [0.25, 0.3) is 22.5 Å². The SMILES string of the molecule is N#CC1=CN(c2cccc(N3C=C(C#N)C(c4ccccc4)c4c3n[nH]c4-c3ccccc3)n2)c2n[nH]c(-c3ccccc3)c2C1c1ccccc1. The summed E-state index contributed by atoms with van der Waals surface area (Å²) in [5, 5.41) is 37.4. The molecule has 2 N–H and O–H groups in total. The lowest BCUT2D eigenvalue weighted by Crippen LogP contribution is -2.24. The summed E-state index contributed by atoms with van der Waals surface area (Å²) in [7, 11) is 0. The van der Waals surface area contributed by atoms with Gasteiger partial charge in [-0.1, -0.05) is 127 Å². The number of benzene rings is 4. The molecule has 0 saturated carbocycles. The van der Waals surface area contributed by atoms with E-state index in [9.17, 15) is 10.5 Å². The maximum absolute atomic E-state index is 10.6. The van der Waals surface area contributed by atoms with Gasteiger partial charge in [0, 0.05) is 23.5 Å². The molecule has 7 aromatic rings. The third-order valence-corrected chi connectivity index (χ3v) is 9.62. The summed E-state index contributed by atoms with van der Waals surface area (Å²) in [6, 6.07) is 50.8. The highest BCUT2D eigenvalue weighted by atomic mass is 15.3. The van der Waals surface area contributed by atoms with Gasteiger partial charge in [-0.25, -0.2) is 4.98 Å². The molecular formula is C43H29N9. The van der Waals surface area contributed by atoms with Gasteiger partial charge < -0.3 is 0 Å². The van der Waals surface area contributed by atoms with Crippen LogP contribution in [0.15, 0.2) is 163 Å².